The number of fused-ring (bicyclic) bond motifs is 1. The number of alkyl halides is 2. The SMILES string of the molecule is FC(F)c1cc(Nc2nc(Cl)nc3cccn23)n[nH]1. The van der Waals surface area contributed by atoms with Gasteiger partial charge in [0.05, 0.1) is 0 Å². The number of nitrogens with zero attached hydrogens (tertiary/aromatic N) is 4. The van der Waals surface area contributed by atoms with E-state index in [0.717, 1.165) is 0 Å². The van der Waals surface area contributed by atoms with Gasteiger partial charge in [-0.25, -0.2) is 8.78 Å². The molecule has 0 aromatic carbocycles. The maximum absolute atomic E-state index is 12.4. The van der Waals surface area contributed by atoms with Crippen LogP contribution in [0.3, 0.4) is 0 Å². The molecule has 0 aliphatic carbocycles. The molecule has 3 aromatic rings. The van der Waals surface area contributed by atoms with Crippen molar-refractivity contribution < 1.29 is 8.78 Å². The minimum absolute atomic E-state index is 0.0540. The van der Waals surface area contributed by atoms with Gasteiger partial charge in [0, 0.05) is 12.3 Å². The van der Waals surface area contributed by atoms with Crippen LogP contribution < -0.4 is 5.32 Å². The summed E-state index contributed by atoms with van der Waals surface area (Å²) in [5, 5.41) is 8.81. The van der Waals surface area contributed by atoms with E-state index in [1.165, 1.54) is 6.07 Å². The lowest BCUT2D eigenvalue weighted by Crippen LogP contribution is -2.02. The number of nitrogens with one attached hydrogen (secondary N) is 2. The third-order valence-electron chi connectivity index (χ3n) is 2.43. The largest absolute Gasteiger partial charge is 0.308 e. The maximum Gasteiger partial charge on any atom is 0.279 e. The molecule has 6 nitrogen and oxygen atoms in total. The average Bonchev–Trinajstić information content (AvgIpc) is 2.96. The van der Waals surface area contributed by atoms with Gasteiger partial charge in [-0.15, -0.1) is 0 Å². The fourth-order valence-corrected chi connectivity index (χ4v) is 1.78. The predicted molar refractivity (Wildman–Crippen MR) is 64.8 cm³/mol. The van der Waals surface area contributed by atoms with Crippen molar-refractivity contribution in [3.8, 4) is 0 Å². The van der Waals surface area contributed by atoms with Crippen molar-refractivity contribution in [3.05, 3.63) is 35.4 Å². The highest BCUT2D eigenvalue weighted by molar-refractivity contribution is 6.28. The zero-order valence-corrected chi connectivity index (χ0v) is 10.1. The maximum atomic E-state index is 12.4. The van der Waals surface area contributed by atoms with Crippen LogP contribution in [0, 0.1) is 0 Å². The molecule has 0 amide bonds. The highest BCUT2D eigenvalue weighted by Gasteiger charge is 2.12. The number of halogens is 3. The van der Waals surface area contributed by atoms with Crippen LogP contribution in [0.15, 0.2) is 24.4 Å². The summed E-state index contributed by atoms with van der Waals surface area (Å²) in [5.41, 5.74) is 0.318. The van der Waals surface area contributed by atoms with Crippen LogP contribution in [0.25, 0.3) is 5.65 Å². The van der Waals surface area contributed by atoms with Crippen LogP contribution >= 0.6 is 11.6 Å². The quantitative estimate of drug-likeness (QED) is 0.776. The number of rotatable bonds is 3. The average molecular weight is 285 g/mol. The topological polar surface area (TPSA) is 70.9 Å². The molecule has 3 aromatic heterocycles. The van der Waals surface area contributed by atoms with Crippen molar-refractivity contribution in [3.63, 3.8) is 0 Å². The molecular weight excluding hydrogens is 278 g/mol. The Morgan fingerprint density at radius 2 is 2.21 bits per heavy atom. The summed E-state index contributed by atoms with van der Waals surface area (Å²) in [7, 11) is 0. The molecule has 0 bridgehead atoms. The third kappa shape index (κ3) is 2.22. The lowest BCUT2D eigenvalue weighted by atomic mass is 10.4. The molecule has 3 heterocycles. The number of hydrogen-bond donors (Lipinski definition) is 2. The van der Waals surface area contributed by atoms with Crippen molar-refractivity contribution in [2.75, 3.05) is 5.32 Å². The molecule has 9 heteroatoms. The van der Waals surface area contributed by atoms with E-state index in [4.69, 9.17) is 11.6 Å². The summed E-state index contributed by atoms with van der Waals surface area (Å²) in [4.78, 5) is 7.99. The minimum Gasteiger partial charge on any atom is -0.308 e. The Morgan fingerprint density at radius 3 is 2.95 bits per heavy atom. The van der Waals surface area contributed by atoms with Crippen LogP contribution in [0.1, 0.15) is 12.1 Å². The Balaban J connectivity index is 1.97. The first-order valence-corrected chi connectivity index (χ1v) is 5.62. The Kier molecular flexibility index (Phi) is 2.79. The standard InChI is InChI=1S/C10H7ClF2N6/c11-9-15-7-2-1-3-19(7)10(16-9)14-6-4-5(8(12)13)17-18-6/h1-4,8H,(H2,14,15,16,17,18). The first kappa shape index (κ1) is 11.8. The number of anilines is 2. The van der Waals surface area contributed by atoms with Crippen LogP contribution in [0.5, 0.6) is 0 Å². The molecule has 19 heavy (non-hydrogen) atoms. The van der Waals surface area contributed by atoms with Crippen LogP contribution in [-0.2, 0) is 0 Å². The monoisotopic (exact) mass is 284 g/mol. The normalized spacial score (nSPS) is 11.4. The number of aromatic amines is 1. The highest BCUT2D eigenvalue weighted by atomic mass is 35.5. The lowest BCUT2D eigenvalue weighted by molar-refractivity contribution is 0.146. The molecule has 2 N–H and O–H groups in total. The van der Waals surface area contributed by atoms with E-state index in [9.17, 15) is 8.78 Å². The molecule has 0 fully saturated rings. The lowest BCUT2D eigenvalue weighted by Gasteiger charge is -2.05. The molecule has 0 saturated carbocycles. The van der Waals surface area contributed by atoms with Crippen molar-refractivity contribution in [1.82, 2.24) is 24.6 Å². The second-order valence-corrected chi connectivity index (χ2v) is 4.02. The first-order chi connectivity index (χ1) is 9.13. The van der Waals surface area contributed by atoms with Gasteiger partial charge in [0.1, 0.15) is 11.3 Å². The van der Waals surface area contributed by atoms with Gasteiger partial charge in [-0.2, -0.15) is 15.1 Å². The van der Waals surface area contributed by atoms with Crippen molar-refractivity contribution in [2.24, 2.45) is 0 Å². The second kappa shape index (κ2) is 4.47. The summed E-state index contributed by atoms with van der Waals surface area (Å²) < 4.78 is 26.5. The van der Waals surface area contributed by atoms with Gasteiger partial charge in [-0.3, -0.25) is 9.50 Å². The van der Waals surface area contributed by atoms with Gasteiger partial charge in [0.2, 0.25) is 11.2 Å². The van der Waals surface area contributed by atoms with Gasteiger partial charge < -0.3 is 5.32 Å². The molecule has 3 rings (SSSR count). The van der Waals surface area contributed by atoms with E-state index >= 15 is 0 Å². The van der Waals surface area contributed by atoms with E-state index in [1.54, 1.807) is 22.7 Å². The summed E-state index contributed by atoms with van der Waals surface area (Å²) >= 11 is 5.78. The summed E-state index contributed by atoms with van der Waals surface area (Å²) in [6.45, 7) is 0. The van der Waals surface area contributed by atoms with E-state index in [-0.39, 0.29) is 16.8 Å². The highest BCUT2D eigenvalue weighted by Crippen LogP contribution is 2.21. The van der Waals surface area contributed by atoms with Crippen molar-refractivity contribution in [1.29, 1.82) is 0 Å². The van der Waals surface area contributed by atoms with Crippen molar-refractivity contribution >= 4 is 29.0 Å². The first-order valence-electron chi connectivity index (χ1n) is 5.24. The van der Waals surface area contributed by atoms with Crippen LogP contribution in [0.2, 0.25) is 5.28 Å². The molecule has 0 radical (unpaired) electrons. The molecule has 0 aliphatic rings. The smallest absolute Gasteiger partial charge is 0.279 e. The molecule has 0 spiro atoms. The molecule has 0 aliphatic heterocycles. The zero-order chi connectivity index (χ0) is 13.4. The fourth-order valence-electron chi connectivity index (χ4n) is 1.62. The molecule has 0 atom stereocenters. The van der Waals surface area contributed by atoms with E-state index in [0.29, 0.717) is 11.6 Å². The Morgan fingerprint density at radius 1 is 1.37 bits per heavy atom. The Labute approximate surface area is 110 Å². The molecule has 98 valence electrons. The van der Waals surface area contributed by atoms with Crippen molar-refractivity contribution in [2.45, 2.75) is 6.43 Å². The Hall–Kier alpha value is -2.22. The van der Waals surface area contributed by atoms with Gasteiger partial charge in [-0.05, 0) is 23.7 Å². The minimum atomic E-state index is -2.61. The molecular formula is C10H7ClF2N6. The summed E-state index contributed by atoms with van der Waals surface area (Å²) in [6, 6.07) is 4.71. The van der Waals surface area contributed by atoms with Gasteiger partial charge in [0.25, 0.3) is 6.43 Å². The van der Waals surface area contributed by atoms with E-state index < -0.39 is 6.43 Å². The summed E-state index contributed by atoms with van der Waals surface area (Å²) in [5.74, 6) is 0.562. The predicted octanol–water partition coefficient (Wildman–Crippen LogP) is 2.79. The van der Waals surface area contributed by atoms with Gasteiger partial charge in [-0.1, -0.05) is 0 Å². The number of hydrogen-bond acceptors (Lipinski definition) is 4. The van der Waals surface area contributed by atoms with Gasteiger partial charge in [0.15, 0.2) is 5.82 Å². The van der Waals surface area contributed by atoms with Crippen LogP contribution in [-0.4, -0.2) is 24.6 Å². The molecule has 0 saturated heterocycles. The second-order valence-electron chi connectivity index (χ2n) is 3.69. The van der Waals surface area contributed by atoms with Gasteiger partial charge >= 0.3 is 0 Å². The number of H-pyrrole nitrogens is 1. The Bertz CT molecular complexity index is 722. The van der Waals surface area contributed by atoms with E-state index in [1.807, 2.05) is 0 Å². The zero-order valence-electron chi connectivity index (χ0n) is 9.31. The van der Waals surface area contributed by atoms with Crippen LogP contribution in [0.4, 0.5) is 20.5 Å². The fraction of sp³-hybridized carbons (Fsp3) is 0.100. The van der Waals surface area contributed by atoms with E-state index in [2.05, 4.69) is 25.5 Å². The number of aromatic nitrogens is 5. The summed E-state index contributed by atoms with van der Waals surface area (Å²) in [6.07, 6.45) is -0.891. The third-order valence-corrected chi connectivity index (χ3v) is 2.60. The molecule has 0 unspecified atom stereocenters.